The van der Waals surface area contributed by atoms with Gasteiger partial charge in [-0.2, -0.15) is 10.4 Å². The van der Waals surface area contributed by atoms with Crippen molar-refractivity contribution in [2.24, 2.45) is 0 Å². The van der Waals surface area contributed by atoms with E-state index in [9.17, 15) is 9.59 Å². The molecule has 0 N–H and O–H groups in total. The molecule has 0 spiro atoms. The average molecular weight is 386 g/mol. The number of carbonyl (C=O) groups is 2. The van der Waals surface area contributed by atoms with Crippen LogP contribution in [0.2, 0.25) is 5.02 Å². The fraction of sp³-hybridized carbons (Fsp3) is 0.474. The third kappa shape index (κ3) is 3.37. The number of fused-ring (bicyclic) bond motifs is 1. The standard InChI is InChI=1S/C19H20ClN5O2/c1-23(11-17(26)24-6-2-3-15(24)9-21)19(27)12-7-13-10-25(14-4-5-14)22-18(13)16(20)8-12/h7-8,10,14-15H,2-6,11H2,1H3. The molecule has 2 heterocycles. The van der Waals surface area contributed by atoms with E-state index in [2.05, 4.69) is 11.2 Å². The first-order valence-electron chi connectivity index (χ1n) is 9.11. The van der Waals surface area contributed by atoms with Crippen LogP contribution in [0.4, 0.5) is 0 Å². The van der Waals surface area contributed by atoms with Crippen LogP contribution in [0, 0.1) is 11.3 Å². The molecule has 1 aromatic heterocycles. The summed E-state index contributed by atoms with van der Waals surface area (Å²) in [5.41, 5.74) is 1.11. The summed E-state index contributed by atoms with van der Waals surface area (Å²) in [4.78, 5) is 28.2. The number of likely N-dealkylation sites (tertiary alicyclic amines) is 1. The Morgan fingerprint density at radius 2 is 2.15 bits per heavy atom. The van der Waals surface area contributed by atoms with Crippen LogP contribution in [-0.2, 0) is 4.79 Å². The molecule has 1 atom stereocenters. The molecule has 2 fully saturated rings. The highest BCUT2D eigenvalue weighted by Crippen LogP contribution is 2.36. The Bertz CT molecular complexity index is 959. The molecular weight excluding hydrogens is 366 g/mol. The topological polar surface area (TPSA) is 82.2 Å². The number of nitriles is 1. The molecule has 7 nitrogen and oxygen atoms in total. The van der Waals surface area contributed by atoms with Crippen LogP contribution in [0.25, 0.3) is 10.9 Å². The molecule has 0 bridgehead atoms. The van der Waals surface area contributed by atoms with E-state index in [0.29, 0.717) is 35.1 Å². The zero-order valence-electron chi connectivity index (χ0n) is 15.1. The molecule has 1 aromatic carbocycles. The molecule has 2 aliphatic rings. The molecule has 1 aliphatic carbocycles. The van der Waals surface area contributed by atoms with Crippen molar-refractivity contribution in [1.82, 2.24) is 19.6 Å². The van der Waals surface area contributed by atoms with Crippen molar-refractivity contribution < 1.29 is 9.59 Å². The van der Waals surface area contributed by atoms with E-state index in [4.69, 9.17) is 16.9 Å². The molecule has 2 amide bonds. The number of carbonyl (C=O) groups excluding carboxylic acids is 2. The molecule has 1 unspecified atom stereocenters. The molecule has 27 heavy (non-hydrogen) atoms. The minimum atomic E-state index is -0.389. The van der Waals surface area contributed by atoms with Gasteiger partial charge in [0, 0.05) is 30.7 Å². The lowest BCUT2D eigenvalue weighted by atomic mass is 10.1. The Hall–Kier alpha value is -2.59. The summed E-state index contributed by atoms with van der Waals surface area (Å²) in [6.45, 7) is 0.505. The summed E-state index contributed by atoms with van der Waals surface area (Å²) < 4.78 is 1.91. The van der Waals surface area contributed by atoms with Gasteiger partial charge in [0.25, 0.3) is 5.91 Å². The predicted octanol–water partition coefficient (Wildman–Crippen LogP) is 2.61. The van der Waals surface area contributed by atoms with Crippen molar-refractivity contribution in [2.75, 3.05) is 20.1 Å². The average Bonchev–Trinajstić information content (AvgIpc) is 3.22. The van der Waals surface area contributed by atoms with Gasteiger partial charge in [0.1, 0.15) is 11.6 Å². The summed E-state index contributed by atoms with van der Waals surface area (Å²) in [5, 5.41) is 14.9. The predicted molar refractivity (Wildman–Crippen MR) is 100 cm³/mol. The third-order valence-electron chi connectivity index (χ3n) is 5.19. The van der Waals surface area contributed by atoms with Crippen molar-refractivity contribution in [1.29, 1.82) is 5.26 Å². The molecule has 1 aliphatic heterocycles. The van der Waals surface area contributed by atoms with Crippen molar-refractivity contribution >= 4 is 34.3 Å². The van der Waals surface area contributed by atoms with E-state index < -0.39 is 0 Å². The van der Waals surface area contributed by atoms with Gasteiger partial charge in [-0.15, -0.1) is 0 Å². The van der Waals surface area contributed by atoms with Crippen LogP contribution < -0.4 is 0 Å². The minimum Gasteiger partial charge on any atom is -0.332 e. The lowest BCUT2D eigenvalue weighted by Gasteiger charge is -2.23. The Morgan fingerprint density at radius 3 is 2.85 bits per heavy atom. The van der Waals surface area contributed by atoms with Crippen molar-refractivity contribution in [3.63, 3.8) is 0 Å². The zero-order valence-corrected chi connectivity index (χ0v) is 15.8. The normalized spacial score (nSPS) is 19.3. The fourth-order valence-corrected chi connectivity index (χ4v) is 3.81. The second-order valence-electron chi connectivity index (χ2n) is 7.27. The lowest BCUT2D eigenvalue weighted by Crippen LogP contribution is -2.42. The highest BCUT2D eigenvalue weighted by Gasteiger charge is 2.30. The van der Waals surface area contributed by atoms with Gasteiger partial charge in [0.2, 0.25) is 5.91 Å². The highest BCUT2D eigenvalue weighted by atomic mass is 35.5. The summed E-state index contributed by atoms with van der Waals surface area (Å²) in [6, 6.07) is 5.56. The van der Waals surface area contributed by atoms with E-state index in [-0.39, 0.29) is 24.4 Å². The maximum Gasteiger partial charge on any atom is 0.254 e. The molecule has 4 rings (SSSR count). The number of benzene rings is 1. The zero-order chi connectivity index (χ0) is 19.1. The first kappa shape index (κ1) is 17.8. The van der Waals surface area contributed by atoms with Crippen molar-refractivity contribution in [2.45, 2.75) is 37.8 Å². The van der Waals surface area contributed by atoms with Gasteiger partial charge < -0.3 is 9.80 Å². The van der Waals surface area contributed by atoms with Crippen molar-refractivity contribution in [3.8, 4) is 6.07 Å². The minimum absolute atomic E-state index is 0.0615. The number of hydrogen-bond donors (Lipinski definition) is 0. The second-order valence-corrected chi connectivity index (χ2v) is 7.68. The first-order chi connectivity index (χ1) is 13.0. The molecular formula is C19H20ClN5O2. The van der Waals surface area contributed by atoms with E-state index in [0.717, 1.165) is 24.6 Å². The number of nitrogens with zero attached hydrogens (tertiary/aromatic N) is 5. The summed E-state index contributed by atoms with van der Waals surface area (Å²) >= 11 is 6.34. The maximum atomic E-state index is 12.8. The van der Waals surface area contributed by atoms with Crippen LogP contribution in [0.5, 0.6) is 0 Å². The van der Waals surface area contributed by atoms with Gasteiger partial charge in [0.15, 0.2) is 0 Å². The Balaban J connectivity index is 1.51. The first-order valence-corrected chi connectivity index (χ1v) is 9.48. The third-order valence-corrected chi connectivity index (χ3v) is 5.48. The molecule has 0 radical (unpaired) electrons. The number of hydrogen-bond acceptors (Lipinski definition) is 4. The second kappa shape index (κ2) is 6.86. The van der Waals surface area contributed by atoms with Gasteiger partial charge in [-0.25, -0.2) is 0 Å². The maximum absolute atomic E-state index is 12.8. The van der Waals surface area contributed by atoms with Gasteiger partial charge in [-0.05, 0) is 37.8 Å². The van der Waals surface area contributed by atoms with Gasteiger partial charge in [0.05, 0.1) is 23.7 Å². The molecule has 140 valence electrons. The largest absolute Gasteiger partial charge is 0.332 e. The number of likely N-dealkylation sites (N-methyl/N-ethyl adjacent to an activating group) is 1. The highest BCUT2D eigenvalue weighted by molar-refractivity contribution is 6.35. The van der Waals surface area contributed by atoms with E-state index in [1.165, 1.54) is 4.90 Å². The fourth-order valence-electron chi connectivity index (χ4n) is 3.55. The van der Waals surface area contributed by atoms with Gasteiger partial charge in [-0.1, -0.05) is 11.6 Å². The molecule has 1 saturated carbocycles. The van der Waals surface area contributed by atoms with Crippen LogP contribution in [-0.4, -0.2) is 57.6 Å². The Labute approximate surface area is 162 Å². The SMILES string of the molecule is CN(CC(=O)N1CCCC1C#N)C(=O)c1cc(Cl)c2nn(C3CC3)cc2c1. The number of aromatic nitrogens is 2. The summed E-state index contributed by atoms with van der Waals surface area (Å²) in [6.07, 6.45) is 5.66. The van der Waals surface area contributed by atoms with E-state index >= 15 is 0 Å². The summed E-state index contributed by atoms with van der Waals surface area (Å²) in [5.74, 6) is -0.484. The number of amides is 2. The van der Waals surface area contributed by atoms with Crippen LogP contribution in [0.3, 0.4) is 0 Å². The van der Waals surface area contributed by atoms with E-state index in [1.807, 2.05) is 10.9 Å². The smallest absolute Gasteiger partial charge is 0.254 e. The van der Waals surface area contributed by atoms with Gasteiger partial charge in [-0.3, -0.25) is 14.3 Å². The van der Waals surface area contributed by atoms with Crippen LogP contribution >= 0.6 is 11.6 Å². The van der Waals surface area contributed by atoms with Gasteiger partial charge >= 0.3 is 0 Å². The Kier molecular flexibility index (Phi) is 4.52. The number of halogens is 1. The lowest BCUT2D eigenvalue weighted by molar-refractivity contribution is -0.131. The van der Waals surface area contributed by atoms with E-state index in [1.54, 1.807) is 24.1 Å². The quantitative estimate of drug-likeness (QED) is 0.810. The Morgan fingerprint density at radius 1 is 1.37 bits per heavy atom. The molecule has 1 saturated heterocycles. The summed E-state index contributed by atoms with van der Waals surface area (Å²) in [7, 11) is 1.59. The monoisotopic (exact) mass is 385 g/mol. The molecule has 2 aromatic rings. The number of rotatable bonds is 4. The van der Waals surface area contributed by atoms with Crippen molar-refractivity contribution in [3.05, 3.63) is 28.9 Å². The van der Waals surface area contributed by atoms with Crippen LogP contribution in [0.1, 0.15) is 42.1 Å². The molecule has 8 heteroatoms. The van der Waals surface area contributed by atoms with Crippen LogP contribution in [0.15, 0.2) is 18.3 Å².